The van der Waals surface area contributed by atoms with Crippen LogP contribution < -0.4 is 0 Å². The van der Waals surface area contributed by atoms with Crippen molar-refractivity contribution in [2.24, 2.45) is 0 Å². The predicted octanol–water partition coefficient (Wildman–Crippen LogP) is 2.70. The van der Waals surface area contributed by atoms with E-state index in [2.05, 4.69) is 0 Å². The lowest BCUT2D eigenvalue weighted by atomic mass is 9.98. The van der Waals surface area contributed by atoms with Crippen LogP contribution in [0.25, 0.3) is 0 Å². The molecule has 1 aromatic rings. The van der Waals surface area contributed by atoms with Crippen LogP contribution in [-0.4, -0.2) is 41.1 Å². The van der Waals surface area contributed by atoms with E-state index in [1.54, 1.807) is 32.9 Å². The van der Waals surface area contributed by atoms with Gasteiger partial charge in [-0.3, -0.25) is 9.59 Å². The van der Waals surface area contributed by atoms with Crippen LogP contribution in [0.2, 0.25) is 0 Å². The van der Waals surface area contributed by atoms with Gasteiger partial charge in [-0.2, -0.15) is 13.2 Å². The highest BCUT2D eigenvalue weighted by molar-refractivity contribution is 5.98. The number of carbonyl (C=O) groups is 2. The quantitative estimate of drug-likeness (QED) is 0.930. The molecular weight excluding hydrogens is 287 g/mol. The number of carboxylic acid groups (broad SMARTS) is 1. The summed E-state index contributed by atoms with van der Waals surface area (Å²) in [6, 6.07) is 3.35. The van der Waals surface area contributed by atoms with Crippen molar-refractivity contribution in [3.63, 3.8) is 0 Å². The highest BCUT2D eigenvalue weighted by Gasteiger charge is 2.35. The number of aliphatic carboxylic acids is 1. The van der Waals surface area contributed by atoms with Gasteiger partial charge in [0.25, 0.3) is 5.91 Å². The van der Waals surface area contributed by atoms with Crippen LogP contribution in [0.4, 0.5) is 13.2 Å². The lowest BCUT2D eigenvalue weighted by Crippen LogP contribution is -2.42. The maximum Gasteiger partial charge on any atom is 0.406 e. The Labute approximate surface area is 120 Å². The van der Waals surface area contributed by atoms with Crippen molar-refractivity contribution in [1.82, 2.24) is 4.90 Å². The molecule has 0 spiro atoms. The summed E-state index contributed by atoms with van der Waals surface area (Å²) in [6.45, 7) is 2.44. The van der Waals surface area contributed by atoms with E-state index in [9.17, 15) is 22.8 Å². The molecule has 1 aromatic carbocycles. The molecule has 1 rings (SSSR count). The standard InChI is InChI=1S/C14H16F3NO3/c1-8-4-9(2)12(10(3)5-8)13(21)18(6-11(19)20)7-14(15,16)17/h4-5H,6-7H2,1-3H3,(H,19,20). The van der Waals surface area contributed by atoms with Crippen LogP contribution in [0.15, 0.2) is 12.1 Å². The number of amides is 1. The van der Waals surface area contributed by atoms with Gasteiger partial charge < -0.3 is 10.0 Å². The molecule has 0 bridgehead atoms. The van der Waals surface area contributed by atoms with Crippen LogP contribution in [0, 0.1) is 20.8 Å². The van der Waals surface area contributed by atoms with Gasteiger partial charge in [0.15, 0.2) is 0 Å². The molecule has 0 heterocycles. The summed E-state index contributed by atoms with van der Waals surface area (Å²) in [5.41, 5.74) is 2.04. The van der Waals surface area contributed by atoms with Gasteiger partial charge in [-0.05, 0) is 31.9 Å². The first kappa shape index (κ1) is 17.0. The minimum Gasteiger partial charge on any atom is -0.480 e. The minimum absolute atomic E-state index is 0.117. The second-order valence-electron chi connectivity index (χ2n) is 4.94. The molecule has 0 saturated heterocycles. The first-order valence-corrected chi connectivity index (χ1v) is 6.17. The fourth-order valence-electron chi connectivity index (χ4n) is 2.25. The summed E-state index contributed by atoms with van der Waals surface area (Å²) in [5.74, 6) is -2.42. The fourth-order valence-corrected chi connectivity index (χ4v) is 2.25. The Morgan fingerprint density at radius 3 is 2.00 bits per heavy atom. The van der Waals surface area contributed by atoms with Crippen molar-refractivity contribution < 1.29 is 27.9 Å². The third-order valence-corrected chi connectivity index (χ3v) is 2.87. The molecule has 0 aromatic heterocycles. The Balaban J connectivity index is 3.19. The number of carboxylic acids is 1. The number of alkyl halides is 3. The lowest BCUT2D eigenvalue weighted by molar-refractivity contribution is -0.149. The first-order chi connectivity index (χ1) is 9.51. The molecule has 1 N–H and O–H groups in total. The van der Waals surface area contributed by atoms with Gasteiger partial charge >= 0.3 is 12.1 Å². The topological polar surface area (TPSA) is 57.6 Å². The van der Waals surface area contributed by atoms with E-state index >= 15 is 0 Å². The second-order valence-corrected chi connectivity index (χ2v) is 4.94. The van der Waals surface area contributed by atoms with Gasteiger partial charge in [0.2, 0.25) is 0 Å². The number of hydrogen-bond acceptors (Lipinski definition) is 2. The number of carbonyl (C=O) groups excluding carboxylic acids is 1. The molecule has 4 nitrogen and oxygen atoms in total. The molecule has 0 saturated carbocycles. The van der Waals surface area contributed by atoms with E-state index in [0.29, 0.717) is 16.0 Å². The molecule has 1 amide bonds. The molecule has 0 aliphatic carbocycles. The van der Waals surface area contributed by atoms with Gasteiger partial charge in [-0.1, -0.05) is 17.7 Å². The van der Waals surface area contributed by atoms with Crippen LogP contribution in [0.5, 0.6) is 0 Å². The van der Waals surface area contributed by atoms with Crippen molar-refractivity contribution in [1.29, 1.82) is 0 Å². The zero-order valence-electron chi connectivity index (χ0n) is 11.9. The second kappa shape index (κ2) is 6.15. The molecule has 7 heteroatoms. The van der Waals surface area contributed by atoms with Crippen LogP contribution in [0.3, 0.4) is 0 Å². The third-order valence-electron chi connectivity index (χ3n) is 2.87. The Bertz CT molecular complexity index is 544. The van der Waals surface area contributed by atoms with Gasteiger partial charge in [-0.25, -0.2) is 0 Å². The Morgan fingerprint density at radius 1 is 1.14 bits per heavy atom. The van der Waals surface area contributed by atoms with Crippen molar-refractivity contribution in [3.8, 4) is 0 Å². The Hall–Kier alpha value is -2.05. The zero-order valence-corrected chi connectivity index (χ0v) is 11.9. The van der Waals surface area contributed by atoms with Crippen LogP contribution in [0.1, 0.15) is 27.0 Å². The van der Waals surface area contributed by atoms with Gasteiger partial charge in [-0.15, -0.1) is 0 Å². The number of nitrogens with zero attached hydrogens (tertiary/aromatic N) is 1. The van der Waals surface area contributed by atoms with Crippen molar-refractivity contribution in [2.45, 2.75) is 26.9 Å². The molecule has 0 atom stereocenters. The predicted molar refractivity (Wildman–Crippen MR) is 70.2 cm³/mol. The summed E-state index contributed by atoms with van der Waals surface area (Å²) in [7, 11) is 0. The normalized spacial score (nSPS) is 11.3. The van der Waals surface area contributed by atoms with E-state index in [1.165, 1.54) is 0 Å². The Kier molecular flexibility index (Phi) is 4.98. The SMILES string of the molecule is Cc1cc(C)c(C(=O)N(CC(=O)O)CC(F)(F)F)c(C)c1. The van der Waals surface area contributed by atoms with Crippen molar-refractivity contribution in [2.75, 3.05) is 13.1 Å². The van der Waals surface area contributed by atoms with E-state index in [4.69, 9.17) is 5.11 Å². The molecule has 0 aliphatic heterocycles. The van der Waals surface area contributed by atoms with Gasteiger partial charge in [0, 0.05) is 5.56 Å². The minimum atomic E-state index is -4.66. The van der Waals surface area contributed by atoms with Gasteiger partial charge in [0.05, 0.1) is 0 Å². The largest absolute Gasteiger partial charge is 0.480 e. The van der Waals surface area contributed by atoms with Crippen LogP contribution >= 0.6 is 0 Å². The number of aryl methyl sites for hydroxylation is 3. The van der Waals surface area contributed by atoms with E-state index in [1.807, 2.05) is 0 Å². The molecule has 0 fully saturated rings. The molecule has 0 radical (unpaired) electrons. The number of halogens is 3. The average Bonchev–Trinajstić information content (AvgIpc) is 2.23. The number of benzene rings is 1. The van der Waals surface area contributed by atoms with Crippen LogP contribution in [-0.2, 0) is 4.79 Å². The third kappa shape index (κ3) is 4.77. The monoisotopic (exact) mass is 303 g/mol. The molecular formula is C14H16F3NO3. The van der Waals surface area contributed by atoms with E-state index < -0.39 is 31.1 Å². The summed E-state index contributed by atoms with van der Waals surface area (Å²) in [6.07, 6.45) is -4.66. The zero-order chi connectivity index (χ0) is 16.4. The smallest absolute Gasteiger partial charge is 0.406 e. The summed E-state index contributed by atoms with van der Waals surface area (Å²) in [5, 5.41) is 8.70. The number of rotatable bonds is 4. The Morgan fingerprint density at radius 2 is 1.62 bits per heavy atom. The summed E-state index contributed by atoms with van der Waals surface area (Å²) in [4.78, 5) is 23.3. The van der Waals surface area contributed by atoms with Crippen molar-refractivity contribution in [3.05, 3.63) is 34.4 Å². The molecule has 0 aliphatic rings. The van der Waals surface area contributed by atoms with Crippen molar-refractivity contribution >= 4 is 11.9 Å². The maximum atomic E-state index is 12.5. The number of hydrogen-bond donors (Lipinski definition) is 1. The summed E-state index contributed by atoms with van der Waals surface area (Å²) < 4.78 is 37.5. The average molecular weight is 303 g/mol. The lowest BCUT2D eigenvalue weighted by Gasteiger charge is -2.24. The van der Waals surface area contributed by atoms with Gasteiger partial charge in [0.1, 0.15) is 13.1 Å². The maximum absolute atomic E-state index is 12.5. The van der Waals surface area contributed by atoms with E-state index in [-0.39, 0.29) is 5.56 Å². The molecule has 0 unspecified atom stereocenters. The van der Waals surface area contributed by atoms with E-state index in [0.717, 1.165) is 5.56 Å². The fraction of sp³-hybridized carbons (Fsp3) is 0.429. The molecule has 116 valence electrons. The molecule has 21 heavy (non-hydrogen) atoms. The summed E-state index contributed by atoms with van der Waals surface area (Å²) >= 11 is 0. The highest BCUT2D eigenvalue weighted by Crippen LogP contribution is 2.22. The highest BCUT2D eigenvalue weighted by atomic mass is 19.4. The first-order valence-electron chi connectivity index (χ1n) is 6.17.